The predicted octanol–water partition coefficient (Wildman–Crippen LogP) is 1.55. The number of aryl methyl sites for hydroxylation is 1. The molecule has 1 amide bonds. The number of aromatic nitrogens is 2. The molecule has 0 fully saturated rings. The molecule has 0 aliphatic heterocycles. The van der Waals surface area contributed by atoms with Gasteiger partial charge in [-0.25, -0.2) is 4.98 Å². The summed E-state index contributed by atoms with van der Waals surface area (Å²) in [5, 5.41) is 0. The normalized spacial score (nSPS) is 10.5. The Labute approximate surface area is 112 Å². The van der Waals surface area contributed by atoms with Crippen LogP contribution in [0.15, 0.2) is 36.8 Å². The minimum absolute atomic E-state index is 0.0939. The third-order valence-electron chi connectivity index (χ3n) is 2.97. The molecule has 0 aliphatic carbocycles. The summed E-state index contributed by atoms with van der Waals surface area (Å²) in [4.78, 5) is 18.2. The Bertz CT molecular complexity index is 559. The molecular formula is C14H18N4O. The van der Waals surface area contributed by atoms with Crippen LogP contribution in [0.1, 0.15) is 23.0 Å². The molecule has 0 unspecified atom stereocenters. The summed E-state index contributed by atoms with van der Waals surface area (Å²) in [7, 11) is 1.84. The lowest BCUT2D eigenvalue weighted by Crippen LogP contribution is -2.30. The van der Waals surface area contributed by atoms with E-state index in [2.05, 4.69) is 4.98 Å². The van der Waals surface area contributed by atoms with Gasteiger partial charge in [-0.15, -0.1) is 0 Å². The van der Waals surface area contributed by atoms with Crippen molar-refractivity contribution in [1.82, 2.24) is 9.55 Å². The summed E-state index contributed by atoms with van der Waals surface area (Å²) in [6.45, 7) is 3.04. The Balaban J connectivity index is 2.25. The Morgan fingerprint density at radius 1 is 1.37 bits per heavy atom. The van der Waals surface area contributed by atoms with Crippen LogP contribution in [-0.4, -0.2) is 22.0 Å². The monoisotopic (exact) mass is 258 g/mol. The molecule has 1 aromatic carbocycles. The van der Waals surface area contributed by atoms with Crippen LogP contribution >= 0.6 is 0 Å². The molecule has 0 saturated carbocycles. The first-order valence-electron chi connectivity index (χ1n) is 6.24. The third kappa shape index (κ3) is 2.82. The molecule has 0 bridgehead atoms. The number of amides is 1. The van der Waals surface area contributed by atoms with Crippen LogP contribution in [0.2, 0.25) is 0 Å². The standard InChI is InChI=1S/C14H18N4O/c1-3-18(12-6-4-11(8-15)5-7-12)14(19)13-9-17(2)10-16-13/h4-7,9-10H,3,8,15H2,1-2H3. The quantitative estimate of drug-likeness (QED) is 0.904. The number of carbonyl (C=O) groups is 1. The molecule has 2 aromatic rings. The average Bonchev–Trinajstić information content (AvgIpc) is 2.87. The molecule has 19 heavy (non-hydrogen) atoms. The Morgan fingerprint density at radius 2 is 2.05 bits per heavy atom. The molecule has 0 radical (unpaired) electrons. The molecule has 1 heterocycles. The number of nitrogens with two attached hydrogens (primary N) is 1. The molecule has 2 rings (SSSR count). The van der Waals surface area contributed by atoms with Crippen molar-refractivity contribution >= 4 is 11.6 Å². The number of carbonyl (C=O) groups excluding carboxylic acids is 1. The fraction of sp³-hybridized carbons (Fsp3) is 0.286. The minimum Gasteiger partial charge on any atom is -0.340 e. The van der Waals surface area contributed by atoms with Gasteiger partial charge in [0.2, 0.25) is 0 Å². The lowest BCUT2D eigenvalue weighted by atomic mass is 10.2. The maximum Gasteiger partial charge on any atom is 0.278 e. The van der Waals surface area contributed by atoms with Crippen LogP contribution in [0.25, 0.3) is 0 Å². The number of hydrogen-bond acceptors (Lipinski definition) is 3. The molecule has 0 saturated heterocycles. The first-order valence-corrected chi connectivity index (χ1v) is 6.24. The van der Waals surface area contributed by atoms with Gasteiger partial charge in [-0.3, -0.25) is 4.79 Å². The fourth-order valence-electron chi connectivity index (χ4n) is 1.92. The number of benzene rings is 1. The van der Waals surface area contributed by atoms with Crippen LogP contribution in [0.5, 0.6) is 0 Å². The van der Waals surface area contributed by atoms with Gasteiger partial charge in [0.05, 0.1) is 6.33 Å². The zero-order valence-electron chi connectivity index (χ0n) is 11.2. The Hall–Kier alpha value is -2.14. The van der Waals surface area contributed by atoms with E-state index in [1.54, 1.807) is 22.0 Å². The molecule has 100 valence electrons. The first kappa shape index (κ1) is 13.3. The summed E-state index contributed by atoms with van der Waals surface area (Å²) in [6.07, 6.45) is 3.35. The maximum absolute atomic E-state index is 12.4. The SMILES string of the molecule is CCN(C(=O)c1cn(C)cn1)c1ccc(CN)cc1. The maximum atomic E-state index is 12.4. The summed E-state index contributed by atoms with van der Waals surface area (Å²) in [5.74, 6) is -0.0939. The average molecular weight is 258 g/mol. The van der Waals surface area contributed by atoms with Crippen molar-refractivity contribution < 1.29 is 4.79 Å². The fourth-order valence-corrected chi connectivity index (χ4v) is 1.92. The van der Waals surface area contributed by atoms with Crippen molar-refractivity contribution in [1.29, 1.82) is 0 Å². The largest absolute Gasteiger partial charge is 0.340 e. The smallest absolute Gasteiger partial charge is 0.278 e. The zero-order chi connectivity index (χ0) is 13.8. The van der Waals surface area contributed by atoms with Crippen LogP contribution in [0, 0.1) is 0 Å². The van der Waals surface area contributed by atoms with Gasteiger partial charge in [0.15, 0.2) is 0 Å². The number of rotatable bonds is 4. The summed E-state index contributed by atoms with van der Waals surface area (Å²) in [6, 6.07) is 7.69. The van der Waals surface area contributed by atoms with Gasteiger partial charge in [0.1, 0.15) is 5.69 Å². The topological polar surface area (TPSA) is 64.2 Å². The summed E-state index contributed by atoms with van der Waals surface area (Å²) >= 11 is 0. The lowest BCUT2D eigenvalue weighted by Gasteiger charge is -2.20. The minimum atomic E-state index is -0.0939. The molecule has 2 N–H and O–H groups in total. The van der Waals surface area contributed by atoms with Gasteiger partial charge in [-0.05, 0) is 24.6 Å². The van der Waals surface area contributed by atoms with E-state index >= 15 is 0 Å². The predicted molar refractivity (Wildman–Crippen MR) is 74.9 cm³/mol. The highest BCUT2D eigenvalue weighted by Gasteiger charge is 2.17. The summed E-state index contributed by atoms with van der Waals surface area (Å²) in [5.41, 5.74) is 7.92. The van der Waals surface area contributed by atoms with Gasteiger partial charge in [-0.2, -0.15) is 0 Å². The highest BCUT2D eigenvalue weighted by atomic mass is 16.2. The van der Waals surface area contributed by atoms with Gasteiger partial charge in [0.25, 0.3) is 5.91 Å². The van der Waals surface area contributed by atoms with Crippen molar-refractivity contribution in [2.24, 2.45) is 12.8 Å². The summed E-state index contributed by atoms with van der Waals surface area (Å²) < 4.78 is 1.76. The van der Waals surface area contributed by atoms with Crippen molar-refractivity contribution in [3.63, 3.8) is 0 Å². The van der Waals surface area contributed by atoms with Gasteiger partial charge in [-0.1, -0.05) is 12.1 Å². The number of anilines is 1. The van der Waals surface area contributed by atoms with Crippen LogP contribution in [0.3, 0.4) is 0 Å². The number of hydrogen-bond donors (Lipinski definition) is 1. The van der Waals surface area contributed by atoms with E-state index in [0.717, 1.165) is 11.3 Å². The van der Waals surface area contributed by atoms with Crippen LogP contribution in [-0.2, 0) is 13.6 Å². The molecule has 0 aliphatic rings. The van der Waals surface area contributed by atoms with Crippen molar-refractivity contribution in [3.8, 4) is 0 Å². The molecule has 1 aromatic heterocycles. The highest BCUT2D eigenvalue weighted by molar-refractivity contribution is 6.04. The molecular weight excluding hydrogens is 240 g/mol. The Morgan fingerprint density at radius 3 is 2.53 bits per heavy atom. The van der Waals surface area contributed by atoms with Crippen LogP contribution in [0.4, 0.5) is 5.69 Å². The molecule has 0 spiro atoms. The van der Waals surface area contributed by atoms with E-state index in [4.69, 9.17) is 5.73 Å². The third-order valence-corrected chi connectivity index (χ3v) is 2.97. The van der Waals surface area contributed by atoms with Crippen molar-refractivity contribution in [2.45, 2.75) is 13.5 Å². The van der Waals surface area contributed by atoms with Crippen LogP contribution < -0.4 is 10.6 Å². The number of imidazole rings is 1. The van der Waals surface area contributed by atoms with Crippen molar-refractivity contribution in [3.05, 3.63) is 48.0 Å². The van der Waals surface area contributed by atoms with E-state index < -0.39 is 0 Å². The van der Waals surface area contributed by atoms with E-state index in [1.165, 1.54) is 0 Å². The Kier molecular flexibility index (Phi) is 3.97. The van der Waals surface area contributed by atoms with E-state index in [-0.39, 0.29) is 5.91 Å². The van der Waals surface area contributed by atoms with E-state index in [9.17, 15) is 4.79 Å². The van der Waals surface area contributed by atoms with Gasteiger partial charge in [0, 0.05) is 32.0 Å². The molecule has 5 heteroatoms. The van der Waals surface area contributed by atoms with Gasteiger partial charge < -0.3 is 15.2 Å². The molecule has 5 nitrogen and oxygen atoms in total. The highest BCUT2D eigenvalue weighted by Crippen LogP contribution is 2.17. The van der Waals surface area contributed by atoms with E-state index in [1.807, 2.05) is 38.2 Å². The second-order valence-corrected chi connectivity index (χ2v) is 4.34. The second-order valence-electron chi connectivity index (χ2n) is 4.34. The second kappa shape index (κ2) is 5.67. The number of nitrogens with zero attached hydrogens (tertiary/aromatic N) is 3. The zero-order valence-corrected chi connectivity index (χ0v) is 11.2. The van der Waals surface area contributed by atoms with E-state index in [0.29, 0.717) is 18.8 Å². The molecule has 0 atom stereocenters. The van der Waals surface area contributed by atoms with Crippen molar-refractivity contribution in [2.75, 3.05) is 11.4 Å². The lowest BCUT2D eigenvalue weighted by molar-refractivity contribution is 0.0984. The van der Waals surface area contributed by atoms with Gasteiger partial charge >= 0.3 is 0 Å². The first-order chi connectivity index (χ1) is 9.15.